The lowest BCUT2D eigenvalue weighted by Gasteiger charge is -2.20. The lowest BCUT2D eigenvalue weighted by Crippen LogP contribution is -2.27. The molecule has 2 aromatic heterocycles. The van der Waals surface area contributed by atoms with Gasteiger partial charge in [0.15, 0.2) is 5.75 Å². The molecule has 1 N–H and O–H groups in total. The molecule has 1 unspecified atom stereocenters. The van der Waals surface area contributed by atoms with Crippen LogP contribution in [0, 0.1) is 0 Å². The minimum Gasteiger partial charge on any atom is -0.493 e. The van der Waals surface area contributed by atoms with Crippen molar-refractivity contribution in [2.45, 2.75) is 32.9 Å². The van der Waals surface area contributed by atoms with Gasteiger partial charge in [0.1, 0.15) is 5.69 Å². The number of aromatic nitrogens is 4. The van der Waals surface area contributed by atoms with Crippen LogP contribution in [0.4, 0.5) is 0 Å². The topological polar surface area (TPSA) is 56.9 Å². The highest BCUT2D eigenvalue weighted by molar-refractivity contribution is 5.34. The molecule has 0 saturated carbocycles. The van der Waals surface area contributed by atoms with Crippen LogP contribution in [-0.4, -0.2) is 33.2 Å². The largest absolute Gasteiger partial charge is 0.493 e. The summed E-state index contributed by atoms with van der Waals surface area (Å²) in [7, 11) is 3.63. The first kappa shape index (κ1) is 14.6. The van der Waals surface area contributed by atoms with Crippen LogP contribution in [0.5, 0.6) is 5.75 Å². The smallest absolute Gasteiger partial charge is 0.161 e. The molecule has 6 heteroatoms. The average Bonchev–Trinajstić information content (AvgIpc) is 3.03. The van der Waals surface area contributed by atoms with Gasteiger partial charge in [-0.15, -0.1) is 0 Å². The maximum absolute atomic E-state index is 5.48. The van der Waals surface area contributed by atoms with Gasteiger partial charge in [-0.2, -0.15) is 10.2 Å². The second-order valence-electron chi connectivity index (χ2n) is 4.69. The Kier molecular flexibility index (Phi) is 4.79. The third-order valence-electron chi connectivity index (χ3n) is 3.34. The highest BCUT2D eigenvalue weighted by Crippen LogP contribution is 2.29. The van der Waals surface area contributed by atoms with Crippen LogP contribution >= 0.6 is 0 Å². The number of hydrogen-bond acceptors (Lipinski definition) is 4. The molecule has 20 heavy (non-hydrogen) atoms. The molecule has 0 radical (unpaired) electrons. The van der Waals surface area contributed by atoms with Crippen molar-refractivity contribution in [3.05, 3.63) is 29.8 Å². The molecule has 0 aliphatic rings. The van der Waals surface area contributed by atoms with Gasteiger partial charge in [-0.3, -0.25) is 9.36 Å². The van der Waals surface area contributed by atoms with E-state index < -0.39 is 0 Å². The first-order valence-corrected chi connectivity index (χ1v) is 7.03. The molecule has 110 valence electrons. The Hall–Kier alpha value is -1.82. The molecule has 0 spiro atoms. The van der Waals surface area contributed by atoms with Crippen LogP contribution in [0.1, 0.15) is 37.7 Å². The fraction of sp³-hybridized carbons (Fsp3) is 0.571. The Labute approximate surface area is 119 Å². The molecule has 0 aromatic carbocycles. The highest BCUT2D eigenvalue weighted by Gasteiger charge is 2.24. The van der Waals surface area contributed by atoms with Crippen molar-refractivity contribution >= 4 is 0 Å². The summed E-state index contributed by atoms with van der Waals surface area (Å²) in [6.45, 7) is 5.97. The van der Waals surface area contributed by atoms with Crippen LogP contribution in [0.3, 0.4) is 0 Å². The van der Waals surface area contributed by atoms with Gasteiger partial charge in [-0.25, -0.2) is 0 Å². The second kappa shape index (κ2) is 6.56. The summed E-state index contributed by atoms with van der Waals surface area (Å²) in [6, 6.07) is 2.05. The summed E-state index contributed by atoms with van der Waals surface area (Å²) in [6.07, 6.45) is 4.63. The summed E-state index contributed by atoms with van der Waals surface area (Å²) in [4.78, 5) is 0. The van der Waals surface area contributed by atoms with Crippen molar-refractivity contribution in [1.82, 2.24) is 24.9 Å². The van der Waals surface area contributed by atoms with Crippen LogP contribution in [-0.2, 0) is 13.6 Å². The average molecular weight is 277 g/mol. The van der Waals surface area contributed by atoms with Gasteiger partial charge in [-0.05, 0) is 19.0 Å². The van der Waals surface area contributed by atoms with Crippen molar-refractivity contribution in [2.24, 2.45) is 7.05 Å². The summed E-state index contributed by atoms with van der Waals surface area (Å²) >= 11 is 0. The number of nitrogens with one attached hydrogen (secondary N) is 1. The van der Waals surface area contributed by atoms with Gasteiger partial charge in [0.05, 0.1) is 25.0 Å². The van der Waals surface area contributed by atoms with Crippen LogP contribution < -0.4 is 10.1 Å². The fourth-order valence-corrected chi connectivity index (χ4v) is 2.43. The van der Waals surface area contributed by atoms with Gasteiger partial charge in [0.2, 0.25) is 0 Å². The highest BCUT2D eigenvalue weighted by atomic mass is 16.5. The first-order chi connectivity index (χ1) is 9.72. The molecule has 0 fully saturated rings. The fourth-order valence-electron chi connectivity index (χ4n) is 2.43. The van der Waals surface area contributed by atoms with Crippen molar-refractivity contribution in [1.29, 1.82) is 0 Å². The van der Waals surface area contributed by atoms with Gasteiger partial charge in [0.25, 0.3) is 0 Å². The molecule has 0 amide bonds. The summed E-state index contributed by atoms with van der Waals surface area (Å²) in [5.41, 5.74) is 2.16. The van der Waals surface area contributed by atoms with E-state index in [1.54, 1.807) is 13.3 Å². The molecule has 6 nitrogen and oxygen atoms in total. The minimum absolute atomic E-state index is 0.0245. The number of rotatable bonds is 7. The molecule has 2 rings (SSSR count). The van der Waals surface area contributed by atoms with E-state index in [4.69, 9.17) is 4.74 Å². The third-order valence-corrected chi connectivity index (χ3v) is 3.34. The maximum atomic E-state index is 5.48. The Balaban J connectivity index is 2.48. The summed E-state index contributed by atoms with van der Waals surface area (Å²) < 4.78 is 9.38. The Morgan fingerprint density at radius 2 is 2.15 bits per heavy atom. The van der Waals surface area contributed by atoms with E-state index in [2.05, 4.69) is 29.4 Å². The first-order valence-electron chi connectivity index (χ1n) is 7.03. The zero-order valence-electron chi connectivity index (χ0n) is 12.6. The third kappa shape index (κ3) is 2.70. The molecule has 2 aromatic rings. The number of aryl methyl sites for hydroxylation is 2. The Bertz CT molecular complexity index is 546. The summed E-state index contributed by atoms with van der Waals surface area (Å²) in [5, 5.41) is 12.2. The molecule has 0 saturated heterocycles. The van der Waals surface area contributed by atoms with E-state index in [0.29, 0.717) is 0 Å². The van der Waals surface area contributed by atoms with E-state index in [9.17, 15) is 0 Å². The van der Waals surface area contributed by atoms with Crippen LogP contribution in [0.25, 0.3) is 0 Å². The monoisotopic (exact) mass is 277 g/mol. The van der Waals surface area contributed by atoms with E-state index in [1.807, 2.05) is 28.7 Å². The number of methoxy groups -OCH3 is 1. The molecule has 0 aliphatic heterocycles. The minimum atomic E-state index is 0.0245. The molecular weight excluding hydrogens is 254 g/mol. The normalized spacial score (nSPS) is 12.6. The zero-order chi connectivity index (χ0) is 14.5. The van der Waals surface area contributed by atoms with E-state index in [-0.39, 0.29) is 6.04 Å². The Morgan fingerprint density at radius 3 is 2.70 bits per heavy atom. The standard InChI is InChI=1S/C14H23N5O/c1-5-9-19-14(12(20-4)10-17-19)13(15-6-2)11-7-8-16-18(11)3/h7-8,10,13,15H,5-6,9H2,1-4H3. The molecule has 1 atom stereocenters. The van der Waals surface area contributed by atoms with Gasteiger partial charge >= 0.3 is 0 Å². The maximum Gasteiger partial charge on any atom is 0.161 e. The van der Waals surface area contributed by atoms with E-state index >= 15 is 0 Å². The number of nitrogens with zero attached hydrogens (tertiary/aromatic N) is 4. The van der Waals surface area contributed by atoms with Gasteiger partial charge < -0.3 is 10.1 Å². The molecular formula is C14H23N5O. The van der Waals surface area contributed by atoms with Crippen molar-refractivity contribution in [3.63, 3.8) is 0 Å². The van der Waals surface area contributed by atoms with Crippen molar-refractivity contribution in [3.8, 4) is 5.75 Å². The number of hydrogen-bond donors (Lipinski definition) is 1. The van der Waals surface area contributed by atoms with E-state index in [1.165, 1.54) is 0 Å². The van der Waals surface area contributed by atoms with Crippen molar-refractivity contribution in [2.75, 3.05) is 13.7 Å². The predicted octanol–water partition coefficient (Wildman–Crippen LogP) is 1.73. The van der Waals surface area contributed by atoms with Crippen LogP contribution in [0.2, 0.25) is 0 Å². The lowest BCUT2D eigenvalue weighted by atomic mass is 10.1. The molecule has 2 heterocycles. The van der Waals surface area contributed by atoms with E-state index in [0.717, 1.165) is 36.6 Å². The lowest BCUT2D eigenvalue weighted by molar-refractivity contribution is 0.396. The summed E-state index contributed by atoms with van der Waals surface area (Å²) in [5.74, 6) is 0.811. The second-order valence-corrected chi connectivity index (χ2v) is 4.69. The van der Waals surface area contributed by atoms with Gasteiger partial charge in [0, 0.05) is 19.8 Å². The zero-order valence-corrected chi connectivity index (χ0v) is 12.6. The Morgan fingerprint density at radius 1 is 1.35 bits per heavy atom. The number of ether oxygens (including phenoxy) is 1. The predicted molar refractivity (Wildman–Crippen MR) is 77.8 cm³/mol. The molecule has 0 aliphatic carbocycles. The quantitative estimate of drug-likeness (QED) is 0.837. The SMILES string of the molecule is CCCn1ncc(OC)c1C(NCC)c1ccnn1C. The molecule has 0 bridgehead atoms. The van der Waals surface area contributed by atoms with Crippen molar-refractivity contribution < 1.29 is 4.74 Å². The van der Waals surface area contributed by atoms with Crippen LogP contribution in [0.15, 0.2) is 18.5 Å². The van der Waals surface area contributed by atoms with Gasteiger partial charge in [-0.1, -0.05) is 13.8 Å².